The van der Waals surface area contributed by atoms with Gasteiger partial charge in [0.15, 0.2) is 0 Å². The highest BCUT2D eigenvalue weighted by molar-refractivity contribution is 7.90. The third kappa shape index (κ3) is 8.01. The van der Waals surface area contributed by atoms with E-state index in [-0.39, 0.29) is 0 Å². The standard InChI is InChI=1S/C15H25NO2S/c1-3-16-15(10-7-13-19(2,17)18)12-11-14-8-5-4-6-9-14/h4-6,8-9,15-16H,3,7,10-13H2,1-2H3. The molecule has 1 rings (SSSR count). The number of aryl methyl sites for hydroxylation is 1. The smallest absolute Gasteiger partial charge is 0.147 e. The molecular formula is C15H25NO2S. The van der Waals surface area contributed by atoms with E-state index >= 15 is 0 Å². The van der Waals surface area contributed by atoms with E-state index in [9.17, 15) is 8.42 Å². The molecule has 1 aromatic rings. The largest absolute Gasteiger partial charge is 0.314 e. The highest BCUT2D eigenvalue weighted by atomic mass is 32.2. The molecule has 0 bridgehead atoms. The van der Waals surface area contributed by atoms with E-state index in [1.165, 1.54) is 11.8 Å². The first-order valence-electron chi connectivity index (χ1n) is 6.96. The van der Waals surface area contributed by atoms with Crippen molar-refractivity contribution in [1.29, 1.82) is 0 Å². The van der Waals surface area contributed by atoms with E-state index in [4.69, 9.17) is 0 Å². The van der Waals surface area contributed by atoms with Crippen LogP contribution in [0.15, 0.2) is 30.3 Å². The summed E-state index contributed by atoms with van der Waals surface area (Å²) in [5.74, 6) is 0.292. The number of benzene rings is 1. The Morgan fingerprint density at radius 2 is 1.84 bits per heavy atom. The zero-order valence-corrected chi connectivity index (χ0v) is 12.7. The van der Waals surface area contributed by atoms with E-state index in [1.807, 2.05) is 6.07 Å². The minimum Gasteiger partial charge on any atom is -0.314 e. The van der Waals surface area contributed by atoms with E-state index in [2.05, 4.69) is 36.5 Å². The minimum atomic E-state index is -2.83. The van der Waals surface area contributed by atoms with E-state index < -0.39 is 9.84 Å². The predicted octanol–water partition coefficient (Wildman–Crippen LogP) is 2.42. The second-order valence-electron chi connectivity index (χ2n) is 5.05. The zero-order chi connectivity index (χ0) is 14.1. The highest BCUT2D eigenvalue weighted by Crippen LogP contribution is 2.09. The van der Waals surface area contributed by atoms with Gasteiger partial charge in [-0.15, -0.1) is 0 Å². The molecule has 0 aliphatic carbocycles. The van der Waals surface area contributed by atoms with E-state index in [1.54, 1.807) is 0 Å². The van der Waals surface area contributed by atoms with Gasteiger partial charge >= 0.3 is 0 Å². The van der Waals surface area contributed by atoms with Crippen molar-refractivity contribution >= 4 is 9.84 Å². The van der Waals surface area contributed by atoms with Crippen molar-refractivity contribution in [3.63, 3.8) is 0 Å². The van der Waals surface area contributed by atoms with Crippen LogP contribution in [0.4, 0.5) is 0 Å². The van der Waals surface area contributed by atoms with Crippen LogP contribution >= 0.6 is 0 Å². The summed E-state index contributed by atoms with van der Waals surface area (Å²) in [4.78, 5) is 0. The number of nitrogens with one attached hydrogen (secondary N) is 1. The molecule has 0 radical (unpaired) electrons. The molecular weight excluding hydrogens is 258 g/mol. The van der Waals surface area contributed by atoms with Crippen LogP contribution in [-0.4, -0.2) is 33.0 Å². The summed E-state index contributed by atoms with van der Waals surface area (Å²) in [5.41, 5.74) is 1.34. The summed E-state index contributed by atoms with van der Waals surface area (Å²) >= 11 is 0. The quantitative estimate of drug-likeness (QED) is 0.757. The van der Waals surface area contributed by atoms with Gasteiger partial charge in [-0.3, -0.25) is 0 Å². The maximum Gasteiger partial charge on any atom is 0.147 e. The van der Waals surface area contributed by atoms with Crippen molar-refractivity contribution in [2.75, 3.05) is 18.6 Å². The highest BCUT2D eigenvalue weighted by Gasteiger charge is 2.09. The van der Waals surface area contributed by atoms with Crippen LogP contribution in [0, 0.1) is 0 Å². The molecule has 0 aliphatic heterocycles. The van der Waals surface area contributed by atoms with Gasteiger partial charge in [0.1, 0.15) is 9.84 Å². The van der Waals surface area contributed by atoms with Gasteiger partial charge in [-0.2, -0.15) is 0 Å². The van der Waals surface area contributed by atoms with Crippen molar-refractivity contribution in [1.82, 2.24) is 5.32 Å². The van der Waals surface area contributed by atoms with Gasteiger partial charge in [-0.25, -0.2) is 8.42 Å². The maximum absolute atomic E-state index is 11.1. The average molecular weight is 283 g/mol. The lowest BCUT2D eigenvalue weighted by Gasteiger charge is -2.17. The lowest BCUT2D eigenvalue weighted by atomic mass is 10.0. The Morgan fingerprint density at radius 1 is 1.16 bits per heavy atom. The summed E-state index contributed by atoms with van der Waals surface area (Å²) in [6.07, 6.45) is 5.07. The fraction of sp³-hybridized carbons (Fsp3) is 0.600. The van der Waals surface area contributed by atoms with Gasteiger partial charge < -0.3 is 5.32 Å². The van der Waals surface area contributed by atoms with Crippen molar-refractivity contribution in [3.05, 3.63) is 35.9 Å². The second-order valence-corrected chi connectivity index (χ2v) is 7.31. The molecule has 4 heteroatoms. The Hall–Kier alpha value is -0.870. The molecule has 0 aliphatic rings. The summed E-state index contributed by atoms with van der Waals surface area (Å²) in [5, 5.41) is 3.44. The summed E-state index contributed by atoms with van der Waals surface area (Å²) < 4.78 is 22.3. The van der Waals surface area contributed by atoms with Crippen molar-refractivity contribution < 1.29 is 8.42 Å². The molecule has 1 unspecified atom stereocenters. The van der Waals surface area contributed by atoms with Gasteiger partial charge in [0.25, 0.3) is 0 Å². The molecule has 1 atom stereocenters. The number of rotatable bonds is 9. The Labute approximate surface area is 117 Å². The molecule has 0 saturated heterocycles. The van der Waals surface area contributed by atoms with Crippen LogP contribution in [0.5, 0.6) is 0 Å². The van der Waals surface area contributed by atoms with Gasteiger partial charge in [-0.1, -0.05) is 37.3 Å². The SMILES string of the molecule is CCNC(CCCS(C)(=O)=O)CCc1ccccc1. The molecule has 0 saturated carbocycles. The van der Waals surface area contributed by atoms with E-state index in [0.717, 1.165) is 32.2 Å². The Kier molecular flexibility index (Phi) is 7.10. The van der Waals surface area contributed by atoms with Crippen LogP contribution < -0.4 is 5.32 Å². The third-order valence-electron chi connectivity index (χ3n) is 3.18. The first-order chi connectivity index (χ1) is 9.01. The van der Waals surface area contributed by atoms with Crippen molar-refractivity contribution in [3.8, 4) is 0 Å². The van der Waals surface area contributed by atoms with Crippen LogP contribution in [0.3, 0.4) is 0 Å². The predicted molar refractivity (Wildman–Crippen MR) is 81.2 cm³/mol. The molecule has 1 N–H and O–H groups in total. The molecule has 0 amide bonds. The lowest BCUT2D eigenvalue weighted by Crippen LogP contribution is -2.29. The topological polar surface area (TPSA) is 46.2 Å². The Bertz CT molecular complexity index is 442. The van der Waals surface area contributed by atoms with Crippen LogP contribution in [0.1, 0.15) is 31.7 Å². The van der Waals surface area contributed by atoms with Gasteiger partial charge in [0.05, 0.1) is 0 Å². The maximum atomic E-state index is 11.1. The molecule has 108 valence electrons. The molecule has 0 aromatic heterocycles. The summed E-state index contributed by atoms with van der Waals surface area (Å²) in [6, 6.07) is 10.8. The molecule has 0 fully saturated rings. The fourth-order valence-corrected chi connectivity index (χ4v) is 2.91. The molecule has 1 aromatic carbocycles. The van der Waals surface area contributed by atoms with Gasteiger partial charge in [-0.05, 0) is 37.8 Å². The summed E-state index contributed by atoms with van der Waals surface area (Å²) in [6.45, 7) is 3.02. The first-order valence-corrected chi connectivity index (χ1v) is 9.02. The van der Waals surface area contributed by atoms with Crippen LogP contribution in [-0.2, 0) is 16.3 Å². The number of sulfone groups is 1. The third-order valence-corrected chi connectivity index (χ3v) is 4.22. The number of hydrogen-bond acceptors (Lipinski definition) is 3. The molecule has 0 spiro atoms. The molecule has 3 nitrogen and oxygen atoms in total. The fourth-order valence-electron chi connectivity index (χ4n) is 2.21. The lowest BCUT2D eigenvalue weighted by molar-refractivity contribution is 0.459. The van der Waals surface area contributed by atoms with Crippen molar-refractivity contribution in [2.24, 2.45) is 0 Å². The Morgan fingerprint density at radius 3 is 2.42 bits per heavy atom. The van der Waals surface area contributed by atoms with Crippen LogP contribution in [0.2, 0.25) is 0 Å². The van der Waals surface area contributed by atoms with Crippen molar-refractivity contribution in [2.45, 2.75) is 38.6 Å². The Balaban J connectivity index is 2.36. The first kappa shape index (κ1) is 16.2. The van der Waals surface area contributed by atoms with E-state index in [0.29, 0.717) is 11.8 Å². The monoisotopic (exact) mass is 283 g/mol. The zero-order valence-electron chi connectivity index (χ0n) is 11.9. The van der Waals surface area contributed by atoms with Crippen LogP contribution in [0.25, 0.3) is 0 Å². The average Bonchev–Trinajstić information content (AvgIpc) is 2.36. The molecule has 19 heavy (non-hydrogen) atoms. The molecule has 0 heterocycles. The number of hydrogen-bond donors (Lipinski definition) is 1. The minimum absolute atomic E-state index is 0.292. The van der Waals surface area contributed by atoms with Gasteiger partial charge in [0, 0.05) is 18.1 Å². The van der Waals surface area contributed by atoms with Gasteiger partial charge in [0.2, 0.25) is 0 Å². The second kappa shape index (κ2) is 8.33. The summed E-state index contributed by atoms with van der Waals surface area (Å²) in [7, 11) is -2.83. The normalized spacial score (nSPS) is 13.4.